The number of carbonyl (C=O) groups is 2. The molecule has 0 bridgehead atoms. The lowest BCUT2D eigenvalue weighted by molar-refractivity contribution is -0.166. The van der Waals surface area contributed by atoms with Gasteiger partial charge in [0.15, 0.2) is 5.69 Å². The molecule has 12 heteroatoms. The van der Waals surface area contributed by atoms with Gasteiger partial charge < -0.3 is 10.4 Å². The molecule has 1 aliphatic heterocycles. The molecule has 26 heavy (non-hydrogen) atoms. The summed E-state index contributed by atoms with van der Waals surface area (Å²) in [6.07, 6.45) is -4.61. The first-order valence-electron chi connectivity index (χ1n) is 7.17. The van der Waals surface area contributed by atoms with Crippen LogP contribution in [0.3, 0.4) is 0 Å². The molecule has 2 N–H and O–H groups in total. The zero-order chi connectivity index (χ0) is 19.1. The minimum atomic E-state index is -4.61. The van der Waals surface area contributed by atoms with Crippen LogP contribution in [0.1, 0.15) is 32.1 Å². The molecule has 0 saturated heterocycles. The lowest BCUT2D eigenvalue weighted by atomic mass is 10.0. The van der Waals surface area contributed by atoms with Crippen molar-refractivity contribution in [3.63, 3.8) is 0 Å². The van der Waals surface area contributed by atoms with Gasteiger partial charge in [-0.3, -0.25) is 4.79 Å². The summed E-state index contributed by atoms with van der Waals surface area (Å²) in [6.45, 7) is -0.0396. The number of halogens is 3. The quantitative estimate of drug-likeness (QED) is 0.831. The smallest absolute Gasteiger partial charge is 0.442 e. The fourth-order valence-corrected chi connectivity index (χ4v) is 2.27. The van der Waals surface area contributed by atoms with E-state index < -0.39 is 29.4 Å². The van der Waals surface area contributed by atoms with E-state index >= 15 is 0 Å². The highest BCUT2D eigenvalue weighted by Gasteiger charge is 2.65. The molecule has 0 aliphatic carbocycles. The molecule has 2 aromatic rings. The Kier molecular flexibility index (Phi) is 3.97. The highest BCUT2D eigenvalue weighted by Crippen LogP contribution is 2.52. The Morgan fingerprint density at radius 2 is 1.73 bits per heavy atom. The third kappa shape index (κ3) is 3.00. The molecule has 2 heterocycles. The molecular formula is C14H11F3N6O3. The molecule has 1 aliphatic rings. The van der Waals surface area contributed by atoms with Crippen molar-refractivity contribution in [2.45, 2.75) is 18.4 Å². The van der Waals surface area contributed by atoms with E-state index in [1.165, 1.54) is 31.3 Å². The van der Waals surface area contributed by atoms with Crippen LogP contribution < -0.4 is 5.32 Å². The number of benzene rings is 1. The number of alkyl halides is 3. The molecule has 0 radical (unpaired) electrons. The fraction of sp³-hybridized carbons (Fsp3) is 0.286. The van der Waals surface area contributed by atoms with Gasteiger partial charge in [0.05, 0.1) is 0 Å². The number of hydrogen-bond donors (Lipinski definition) is 2. The average Bonchev–Trinajstić information content (AvgIpc) is 3.30. The van der Waals surface area contributed by atoms with Crippen LogP contribution in [0.4, 0.5) is 13.2 Å². The monoisotopic (exact) mass is 368 g/mol. The van der Waals surface area contributed by atoms with Crippen molar-refractivity contribution >= 4 is 11.9 Å². The van der Waals surface area contributed by atoms with E-state index in [4.69, 9.17) is 5.11 Å². The van der Waals surface area contributed by atoms with Gasteiger partial charge in [-0.25, -0.2) is 4.79 Å². The predicted octanol–water partition coefficient (Wildman–Crippen LogP) is 1.62. The Hall–Kier alpha value is -3.31. The molecule has 136 valence electrons. The number of aromatic carboxylic acids is 1. The van der Waals surface area contributed by atoms with Gasteiger partial charge in [-0.15, -0.1) is 20.4 Å². The number of amides is 1. The Labute approximate surface area is 143 Å². The number of hydrogen-bond acceptors (Lipinski definition) is 6. The van der Waals surface area contributed by atoms with Gasteiger partial charge in [-0.2, -0.15) is 18.0 Å². The van der Waals surface area contributed by atoms with Crippen LogP contribution in [0, 0.1) is 0 Å². The summed E-state index contributed by atoms with van der Waals surface area (Å²) < 4.78 is 38.8. The second-order valence-electron chi connectivity index (χ2n) is 5.44. The summed E-state index contributed by atoms with van der Waals surface area (Å²) >= 11 is 0. The van der Waals surface area contributed by atoms with E-state index in [1.807, 2.05) is 0 Å². The number of nitrogens with zero attached hydrogens (tertiary/aromatic N) is 5. The number of aryl methyl sites for hydroxylation is 1. The number of nitrogens with one attached hydrogen (secondary N) is 1. The van der Waals surface area contributed by atoms with Gasteiger partial charge in [-0.05, 0) is 5.56 Å². The van der Waals surface area contributed by atoms with Crippen molar-refractivity contribution < 1.29 is 27.9 Å². The second kappa shape index (κ2) is 5.89. The number of carboxylic acid groups (broad SMARTS) is 1. The van der Waals surface area contributed by atoms with Gasteiger partial charge in [0.1, 0.15) is 0 Å². The predicted molar refractivity (Wildman–Crippen MR) is 78.2 cm³/mol. The van der Waals surface area contributed by atoms with E-state index in [1.54, 1.807) is 0 Å². The van der Waals surface area contributed by atoms with Crippen LogP contribution in [0.25, 0.3) is 0 Å². The molecule has 3 rings (SSSR count). The maximum atomic E-state index is 12.9. The summed E-state index contributed by atoms with van der Waals surface area (Å²) in [5.74, 6) is -2.17. The van der Waals surface area contributed by atoms with Gasteiger partial charge in [0.2, 0.25) is 5.69 Å². The molecule has 9 nitrogen and oxygen atoms in total. The van der Waals surface area contributed by atoms with Gasteiger partial charge in [-0.1, -0.05) is 24.3 Å². The molecule has 0 saturated carbocycles. The van der Waals surface area contributed by atoms with Crippen LogP contribution in [0.15, 0.2) is 34.5 Å². The Morgan fingerprint density at radius 1 is 1.15 bits per heavy atom. The Morgan fingerprint density at radius 3 is 2.23 bits per heavy atom. The van der Waals surface area contributed by atoms with Crippen LogP contribution in [-0.4, -0.2) is 38.2 Å². The summed E-state index contributed by atoms with van der Waals surface area (Å²) in [4.78, 5) is 24.0. The molecule has 1 aromatic carbocycles. The first kappa shape index (κ1) is 17.5. The lowest BCUT2D eigenvalue weighted by Gasteiger charge is -2.15. The van der Waals surface area contributed by atoms with E-state index in [-0.39, 0.29) is 17.8 Å². The first-order valence-corrected chi connectivity index (χ1v) is 7.17. The van der Waals surface area contributed by atoms with Gasteiger partial charge in [0.25, 0.3) is 5.91 Å². The highest BCUT2D eigenvalue weighted by atomic mass is 19.4. The Balaban J connectivity index is 1.68. The van der Waals surface area contributed by atoms with Crippen molar-refractivity contribution in [3.05, 3.63) is 46.8 Å². The van der Waals surface area contributed by atoms with Crippen molar-refractivity contribution in [1.82, 2.24) is 20.3 Å². The largest absolute Gasteiger partial charge is 0.476 e. The summed E-state index contributed by atoms with van der Waals surface area (Å²) in [5, 5.41) is 24.9. The fourth-order valence-electron chi connectivity index (χ4n) is 2.27. The first-order chi connectivity index (χ1) is 12.1. The molecule has 0 unspecified atom stereocenters. The molecule has 1 aromatic heterocycles. The maximum Gasteiger partial charge on any atom is 0.442 e. The Bertz CT molecular complexity index is 898. The number of aromatic nitrogens is 3. The molecular weight excluding hydrogens is 357 g/mol. The van der Waals surface area contributed by atoms with Crippen molar-refractivity contribution in [2.24, 2.45) is 17.3 Å². The van der Waals surface area contributed by atoms with Crippen LogP contribution >= 0.6 is 0 Å². The van der Waals surface area contributed by atoms with E-state index in [0.717, 1.165) is 4.80 Å². The second-order valence-corrected chi connectivity index (χ2v) is 5.44. The molecule has 0 atom stereocenters. The molecule has 1 amide bonds. The van der Waals surface area contributed by atoms with Gasteiger partial charge >= 0.3 is 17.8 Å². The normalized spacial score (nSPS) is 14.9. The van der Waals surface area contributed by atoms with Crippen LogP contribution in [0.5, 0.6) is 0 Å². The minimum Gasteiger partial charge on any atom is -0.476 e. The third-order valence-corrected chi connectivity index (χ3v) is 3.64. The molecule has 0 spiro atoms. The van der Waals surface area contributed by atoms with E-state index in [0.29, 0.717) is 5.56 Å². The minimum absolute atomic E-state index is 0.0396. The van der Waals surface area contributed by atoms with Crippen LogP contribution in [-0.2, 0) is 19.3 Å². The zero-order valence-corrected chi connectivity index (χ0v) is 13.2. The summed E-state index contributed by atoms with van der Waals surface area (Å²) in [7, 11) is 1.37. The lowest BCUT2D eigenvalue weighted by Crippen LogP contribution is -2.30. The average molecular weight is 368 g/mol. The maximum absolute atomic E-state index is 12.9. The van der Waals surface area contributed by atoms with E-state index in [2.05, 4.69) is 25.7 Å². The number of carboxylic acids is 1. The number of carbonyl (C=O) groups excluding carboxylic acids is 1. The van der Waals surface area contributed by atoms with Crippen LogP contribution in [0.2, 0.25) is 0 Å². The molecule has 0 fully saturated rings. The van der Waals surface area contributed by atoms with Crippen molar-refractivity contribution in [2.75, 3.05) is 0 Å². The zero-order valence-electron chi connectivity index (χ0n) is 13.2. The topological polar surface area (TPSA) is 122 Å². The highest BCUT2D eigenvalue weighted by molar-refractivity contribution is 6.01. The summed E-state index contributed by atoms with van der Waals surface area (Å²) in [5.41, 5.74) is -2.97. The SMILES string of the molecule is Cn1nc(C(=O)O)c(C(=O)NCc2ccc(C3(C(F)(F)F)N=N3)cc2)n1. The summed E-state index contributed by atoms with van der Waals surface area (Å²) in [6, 6.07) is 5.22. The van der Waals surface area contributed by atoms with E-state index in [9.17, 15) is 22.8 Å². The third-order valence-electron chi connectivity index (χ3n) is 3.64. The van der Waals surface area contributed by atoms with Crippen molar-refractivity contribution in [3.8, 4) is 0 Å². The van der Waals surface area contributed by atoms with Crippen molar-refractivity contribution in [1.29, 1.82) is 0 Å². The van der Waals surface area contributed by atoms with Gasteiger partial charge in [0, 0.05) is 19.2 Å². The standard InChI is InChI=1S/C14H11F3N6O3/c1-23-19-9(10(20-23)12(25)26)11(24)18-6-7-2-4-8(5-3-7)13(21-22-13)14(15,16)17/h2-5H,6H2,1H3,(H,18,24)(H,25,26). The number of rotatable bonds is 5.